The zero-order valence-electron chi connectivity index (χ0n) is 23.9. The van der Waals surface area contributed by atoms with Gasteiger partial charge in [-0.25, -0.2) is 9.78 Å². The number of aromatic hydroxyl groups is 1. The van der Waals surface area contributed by atoms with Gasteiger partial charge in [-0.1, -0.05) is 54.6 Å². The van der Waals surface area contributed by atoms with Crippen molar-refractivity contribution in [2.45, 2.75) is 31.7 Å². The van der Waals surface area contributed by atoms with Crippen LogP contribution in [-0.4, -0.2) is 69.6 Å². The van der Waals surface area contributed by atoms with Gasteiger partial charge < -0.3 is 30.9 Å². The molecule has 0 spiro atoms. The Kier molecular flexibility index (Phi) is 10.3. The molecule has 1 aromatic heterocycles. The van der Waals surface area contributed by atoms with Crippen LogP contribution >= 0.6 is 27.3 Å². The molecule has 0 radical (unpaired) electrons. The average Bonchev–Trinajstić information content (AvgIpc) is 3.51. The molecule has 4 aromatic rings. The van der Waals surface area contributed by atoms with E-state index in [0.29, 0.717) is 17.6 Å². The molecule has 1 fully saturated rings. The van der Waals surface area contributed by atoms with E-state index in [2.05, 4.69) is 43.4 Å². The number of carbonyl (C=O) groups excluding carboxylic acids is 3. The van der Waals surface area contributed by atoms with Crippen LogP contribution in [-0.2, 0) is 29.1 Å². The van der Waals surface area contributed by atoms with Gasteiger partial charge in [-0.05, 0) is 50.8 Å². The molecule has 0 unspecified atom stereocenters. The molecule has 0 saturated carbocycles. The molecule has 0 bridgehead atoms. The molecule has 3 aromatic carbocycles. The third-order valence-electron chi connectivity index (χ3n) is 7.35. The summed E-state index contributed by atoms with van der Waals surface area (Å²) in [5, 5.41) is 18.9. The number of carbonyl (C=O) groups is 3. The van der Waals surface area contributed by atoms with Crippen LogP contribution in [0.2, 0.25) is 0 Å². The van der Waals surface area contributed by atoms with E-state index in [1.165, 1.54) is 22.3 Å². The predicted octanol–water partition coefficient (Wildman–Crippen LogP) is 4.15. The number of para-hydroxylation sites is 1. The second-order valence-corrected chi connectivity index (χ2v) is 12.1. The summed E-state index contributed by atoms with van der Waals surface area (Å²) in [7, 11) is 0. The summed E-state index contributed by atoms with van der Waals surface area (Å²) in [4.78, 5) is 48.9. The highest BCUT2D eigenvalue weighted by atomic mass is 79.9. The molecule has 1 aliphatic heterocycles. The lowest BCUT2D eigenvalue weighted by atomic mass is 9.99. The van der Waals surface area contributed by atoms with Gasteiger partial charge in [0.15, 0.2) is 0 Å². The lowest BCUT2D eigenvalue weighted by Gasteiger charge is -2.46. The van der Waals surface area contributed by atoms with E-state index in [4.69, 9.17) is 0 Å². The van der Waals surface area contributed by atoms with E-state index in [1.807, 2.05) is 48.5 Å². The minimum atomic E-state index is -0.924. The number of hydrogen-bond acceptors (Lipinski definition) is 7. The fourth-order valence-corrected chi connectivity index (χ4v) is 6.41. The number of fused-ring (bicyclic) bond motifs is 1. The number of aromatic nitrogens is 1. The highest BCUT2D eigenvalue weighted by molar-refractivity contribution is 9.10. The number of nitrogens with one attached hydrogen (secondary N) is 3. The second kappa shape index (κ2) is 14.5. The summed E-state index contributed by atoms with van der Waals surface area (Å²) in [5.41, 5.74) is 5.14. The molecule has 1 saturated heterocycles. The quantitative estimate of drug-likeness (QED) is 0.140. The van der Waals surface area contributed by atoms with Crippen molar-refractivity contribution in [2.75, 3.05) is 19.6 Å². The van der Waals surface area contributed by atoms with Crippen LogP contribution < -0.4 is 16.0 Å². The van der Waals surface area contributed by atoms with Gasteiger partial charge in [-0.15, -0.1) is 17.9 Å². The summed E-state index contributed by atoms with van der Waals surface area (Å²) >= 11 is 4.88. The lowest BCUT2D eigenvalue weighted by molar-refractivity contribution is -0.156. The molecule has 2 heterocycles. The fourth-order valence-electron chi connectivity index (χ4n) is 5.26. The first-order chi connectivity index (χ1) is 21.3. The Morgan fingerprint density at radius 2 is 1.93 bits per heavy atom. The average molecular weight is 678 g/mol. The SMILES string of the molecule is C=CCNCC(=O)N1[C@@H](NC(=O)NCc2ccccc2)CN(Cc2cccc3scnc23)C(=O)[C@@H]1Cc1ccc(O)c(Br)c1. The van der Waals surface area contributed by atoms with Gasteiger partial charge in [0.05, 0.1) is 33.3 Å². The summed E-state index contributed by atoms with van der Waals surface area (Å²) in [6.45, 7) is 4.70. The van der Waals surface area contributed by atoms with Gasteiger partial charge in [0.25, 0.3) is 0 Å². The van der Waals surface area contributed by atoms with Crippen LogP contribution in [0.25, 0.3) is 10.2 Å². The molecule has 0 aliphatic carbocycles. The number of phenolic OH excluding ortho intramolecular Hbond substituents is 1. The first kappa shape index (κ1) is 31.2. The summed E-state index contributed by atoms with van der Waals surface area (Å²) in [6.07, 6.45) is 1.00. The zero-order valence-corrected chi connectivity index (χ0v) is 26.3. The lowest BCUT2D eigenvalue weighted by Crippen LogP contribution is -2.69. The van der Waals surface area contributed by atoms with Crippen molar-refractivity contribution in [3.63, 3.8) is 0 Å². The zero-order chi connectivity index (χ0) is 31.1. The van der Waals surface area contributed by atoms with Crippen LogP contribution in [0.3, 0.4) is 0 Å². The molecular weight excluding hydrogens is 644 g/mol. The van der Waals surface area contributed by atoms with Crippen LogP contribution in [0.4, 0.5) is 4.79 Å². The Labute approximate surface area is 267 Å². The third kappa shape index (κ3) is 7.44. The maximum atomic E-state index is 14.2. The maximum absolute atomic E-state index is 14.2. The van der Waals surface area contributed by atoms with Crippen LogP contribution in [0.1, 0.15) is 16.7 Å². The number of piperazine rings is 1. The Bertz CT molecular complexity index is 1650. The number of urea groups is 1. The van der Waals surface area contributed by atoms with Crippen molar-refractivity contribution in [3.8, 4) is 5.75 Å². The monoisotopic (exact) mass is 676 g/mol. The molecular formula is C32H33BrN6O4S. The number of nitrogens with zero attached hydrogens (tertiary/aromatic N) is 3. The number of benzene rings is 3. The van der Waals surface area contributed by atoms with E-state index in [9.17, 15) is 19.5 Å². The minimum Gasteiger partial charge on any atom is -0.507 e. The Balaban J connectivity index is 1.46. The molecule has 12 heteroatoms. The largest absolute Gasteiger partial charge is 0.507 e. The summed E-state index contributed by atoms with van der Waals surface area (Å²) < 4.78 is 1.49. The predicted molar refractivity (Wildman–Crippen MR) is 174 cm³/mol. The van der Waals surface area contributed by atoms with E-state index in [1.54, 1.807) is 28.6 Å². The third-order valence-corrected chi connectivity index (χ3v) is 8.78. The molecule has 4 amide bonds. The smallest absolute Gasteiger partial charge is 0.316 e. The normalized spacial score (nSPS) is 16.6. The number of phenols is 1. The molecule has 5 rings (SSSR count). The number of thiazole rings is 1. The molecule has 44 heavy (non-hydrogen) atoms. The van der Waals surface area contributed by atoms with Gasteiger partial charge in [0, 0.05) is 26.1 Å². The summed E-state index contributed by atoms with van der Waals surface area (Å²) in [6, 6.07) is 19.0. The number of hydrogen-bond donors (Lipinski definition) is 4. The van der Waals surface area contributed by atoms with Gasteiger partial charge in [-0.3, -0.25) is 9.59 Å². The van der Waals surface area contributed by atoms with Gasteiger partial charge in [0.2, 0.25) is 11.8 Å². The molecule has 10 nitrogen and oxygen atoms in total. The number of amides is 4. The first-order valence-electron chi connectivity index (χ1n) is 14.1. The highest BCUT2D eigenvalue weighted by Crippen LogP contribution is 2.29. The van der Waals surface area contributed by atoms with Crippen molar-refractivity contribution in [1.29, 1.82) is 0 Å². The molecule has 2 atom stereocenters. The fraction of sp³-hybridized carbons (Fsp3) is 0.250. The van der Waals surface area contributed by atoms with Crippen molar-refractivity contribution < 1.29 is 19.5 Å². The topological polar surface area (TPSA) is 127 Å². The van der Waals surface area contributed by atoms with Crippen molar-refractivity contribution in [3.05, 3.63) is 106 Å². The molecule has 4 N–H and O–H groups in total. The standard InChI is InChI=1S/C32H33BrN6O4S/c1-2-13-34-17-29(41)39-25(15-22-11-12-26(40)24(33)14-22)31(42)38(18-23-9-6-10-27-30(23)36-20-44-27)19-28(39)37-32(43)35-16-21-7-4-3-5-8-21/h2-12,14,20,25,28,34,40H,1,13,15-19H2,(H2,35,37,43)/t25-,28+/m0/s1. The second-order valence-electron chi connectivity index (χ2n) is 10.4. The first-order valence-corrected chi connectivity index (χ1v) is 15.8. The van der Waals surface area contributed by atoms with Crippen LogP contribution in [0.15, 0.2) is 89.4 Å². The van der Waals surface area contributed by atoms with Gasteiger partial charge in [0.1, 0.15) is 18.0 Å². The maximum Gasteiger partial charge on any atom is 0.316 e. The van der Waals surface area contributed by atoms with Gasteiger partial charge >= 0.3 is 6.03 Å². The number of rotatable bonds is 11. The van der Waals surface area contributed by atoms with E-state index < -0.39 is 18.2 Å². The van der Waals surface area contributed by atoms with E-state index in [-0.39, 0.29) is 43.6 Å². The van der Waals surface area contributed by atoms with E-state index >= 15 is 0 Å². The summed E-state index contributed by atoms with van der Waals surface area (Å²) in [5.74, 6) is -0.517. The highest BCUT2D eigenvalue weighted by Gasteiger charge is 2.43. The van der Waals surface area contributed by atoms with Crippen molar-refractivity contribution in [2.24, 2.45) is 0 Å². The number of halogens is 1. The Hall–Kier alpha value is -4.26. The van der Waals surface area contributed by atoms with Gasteiger partial charge in [-0.2, -0.15) is 0 Å². The van der Waals surface area contributed by atoms with E-state index in [0.717, 1.165) is 26.9 Å². The Morgan fingerprint density at radius 1 is 1.11 bits per heavy atom. The Morgan fingerprint density at radius 3 is 2.70 bits per heavy atom. The van der Waals surface area contributed by atoms with Crippen molar-refractivity contribution >= 4 is 55.3 Å². The van der Waals surface area contributed by atoms with Crippen LogP contribution in [0, 0.1) is 0 Å². The minimum absolute atomic E-state index is 0.0446. The molecule has 1 aliphatic rings. The van der Waals surface area contributed by atoms with Crippen LogP contribution in [0.5, 0.6) is 5.75 Å². The molecule has 228 valence electrons. The van der Waals surface area contributed by atoms with Crippen molar-refractivity contribution in [1.82, 2.24) is 30.7 Å².